The molecule has 0 atom stereocenters. The minimum Gasteiger partial charge on any atom is -0.480 e. The van der Waals surface area contributed by atoms with Crippen molar-refractivity contribution in [3.8, 4) is 0 Å². The first-order valence-electron chi connectivity index (χ1n) is 13.5. The average Bonchev–Trinajstić information content (AvgIpc) is 3.33. The normalized spacial score (nSPS) is 11.0. The van der Waals surface area contributed by atoms with Crippen LogP contribution in [0.15, 0.2) is 36.7 Å². The Balaban J connectivity index is 1.81. The average molecular weight is 614 g/mol. The number of carboxylic acid groups (broad SMARTS) is 1. The Bertz CT molecular complexity index is 1490. The number of nitrogens with one attached hydrogen (secondary N) is 3. The number of rotatable bonds is 13. The van der Waals surface area contributed by atoms with Crippen LogP contribution in [0.25, 0.3) is 11.2 Å². The second-order valence-electron chi connectivity index (χ2n) is 10.4. The van der Waals surface area contributed by atoms with Crippen LogP contribution in [0.3, 0.4) is 0 Å². The standard InChI is InChI=1S/C27H35N9O8/c1-27(2,3)44-25(41)29-11-12-35(14-20(39)40)19(38)13-36-16-30-21-22(32-24(34-23(21)36)31-18(37)9-10-28)33-26(42)43-15-17-7-5-4-6-8-17/h4-8,16H,9-15,28H2,1-3H3,(H,29,41)(H,39,40)(H2,31,32,33,34,37,42). The summed E-state index contributed by atoms with van der Waals surface area (Å²) in [6.45, 7) is 3.86. The van der Waals surface area contributed by atoms with Gasteiger partial charge in [-0.3, -0.25) is 25.0 Å². The number of carbonyl (C=O) groups is 5. The van der Waals surface area contributed by atoms with E-state index in [9.17, 15) is 29.1 Å². The third-order valence-corrected chi connectivity index (χ3v) is 5.55. The molecule has 3 aromatic rings. The summed E-state index contributed by atoms with van der Waals surface area (Å²) >= 11 is 0. The van der Waals surface area contributed by atoms with Gasteiger partial charge in [-0.2, -0.15) is 9.97 Å². The SMILES string of the molecule is CC(C)(C)OC(=O)NCCN(CC(=O)O)C(=O)Cn1cnc2c(NC(=O)OCc3ccccc3)nc(NC(=O)CCN)nc21. The first-order chi connectivity index (χ1) is 20.8. The van der Waals surface area contributed by atoms with Crippen LogP contribution in [-0.4, -0.2) is 91.3 Å². The Labute approximate surface area is 252 Å². The Morgan fingerprint density at radius 2 is 1.77 bits per heavy atom. The van der Waals surface area contributed by atoms with E-state index in [4.69, 9.17) is 15.2 Å². The van der Waals surface area contributed by atoms with Crippen LogP contribution in [0.2, 0.25) is 0 Å². The van der Waals surface area contributed by atoms with Crippen molar-refractivity contribution in [3.63, 3.8) is 0 Å². The molecule has 0 fully saturated rings. The monoisotopic (exact) mass is 613 g/mol. The number of aliphatic carboxylic acids is 1. The van der Waals surface area contributed by atoms with Crippen LogP contribution in [-0.2, 0) is 37.0 Å². The number of ether oxygens (including phenoxy) is 2. The number of imidazole rings is 1. The summed E-state index contributed by atoms with van der Waals surface area (Å²) in [4.78, 5) is 75.0. The fourth-order valence-corrected chi connectivity index (χ4v) is 3.69. The molecule has 0 radical (unpaired) electrons. The molecule has 0 unspecified atom stereocenters. The third-order valence-electron chi connectivity index (χ3n) is 5.55. The Kier molecular flexibility index (Phi) is 11.5. The van der Waals surface area contributed by atoms with E-state index in [1.165, 1.54) is 10.9 Å². The highest BCUT2D eigenvalue weighted by Gasteiger charge is 2.22. The van der Waals surface area contributed by atoms with Gasteiger partial charge in [0, 0.05) is 26.1 Å². The van der Waals surface area contributed by atoms with Crippen molar-refractivity contribution < 1.29 is 38.6 Å². The lowest BCUT2D eigenvalue weighted by molar-refractivity contribution is -0.144. The lowest BCUT2D eigenvalue weighted by Crippen LogP contribution is -2.43. The Hall–Kier alpha value is -5.32. The summed E-state index contributed by atoms with van der Waals surface area (Å²) in [7, 11) is 0. The molecule has 2 heterocycles. The largest absolute Gasteiger partial charge is 0.480 e. The van der Waals surface area contributed by atoms with Gasteiger partial charge in [0.1, 0.15) is 25.3 Å². The van der Waals surface area contributed by atoms with Gasteiger partial charge in [-0.05, 0) is 26.3 Å². The van der Waals surface area contributed by atoms with Crippen molar-refractivity contribution in [2.24, 2.45) is 5.73 Å². The molecule has 0 aliphatic carbocycles. The van der Waals surface area contributed by atoms with Crippen molar-refractivity contribution in [2.75, 3.05) is 36.8 Å². The number of alkyl carbamates (subject to hydrolysis) is 1. The number of carboxylic acids is 1. The fraction of sp³-hybridized carbons (Fsp3) is 0.407. The first kappa shape index (κ1) is 33.2. The van der Waals surface area contributed by atoms with Crippen LogP contribution in [0.1, 0.15) is 32.8 Å². The molecule has 44 heavy (non-hydrogen) atoms. The van der Waals surface area contributed by atoms with Crippen LogP contribution in [0.4, 0.5) is 21.4 Å². The van der Waals surface area contributed by atoms with Gasteiger partial charge in [-0.25, -0.2) is 14.6 Å². The number of amides is 4. The molecule has 0 aliphatic rings. The molecule has 0 aliphatic heterocycles. The number of benzene rings is 1. The van der Waals surface area contributed by atoms with E-state index in [2.05, 4.69) is 30.9 Å². The lowest BCUT2D eigenvalue weighted by atomic mass is 10.2. The zero-order valence-corrected chi connectivity index (χ0v) is 24.5. The predicted octanol–water partition coefficient (Wildman–Crippen LogP) is 1.30. The van der Waals surface area contributed by atoms with Gasteiger partial charge in [0.15, 0.2) is 17.0 Å². The number of hydrogen-bond donors (Lipinski definition) is 5. The van der Waals surface area contributed by atoms with Crippen molar-refractivity contribution in [1.82, 2.24) is 29.7 Å². The Morgan fingerprint density at radius 1 is 1.05 bits per heavy atom. The quantitative estimate of drug-likeness (QED) is 0.184. The minimum absolute atomic E-state index is 0.0217. The van der Waals surface area contributed by atoms with Crippen LogP contribution in [0.5, 0.6) is 0 Å². The molecule has 6 N–H and O–H groups in total. The van der Waals surface area contributed by atoms with Gasteiger partial charge in [-0.15, -0.1) is 0 Å². The summed E-state index contributed by atoms with van der Waals surface area (Å²) in [5, 5.41) is 16.8. The summed E-state index contributed by atoms with van der Waals surface area (Å²) in [6, 6.07) is 8.97. The van der Waals surface area contributed by atoms with E-state index in [1.807, 2.05) is 6.07 Å². The first-order valence-corrected chi connectivity index (χ1v) is 13.5. The fourth-order valence-electron chi connectivity index (χ4n) is 3.69. The molecule has 17 heteroatoms. The zero-order valence-electron chi connectivity index (χ0n) is 24.5. The zero-order chi connectivity index (χ0) is 32.3. The number of fused-ring (bicyclic) bond motifs is 1. The second kappa shape index (κ2) is 15.2. The second-order valence-corrected chi connectivity index (χ2v) is 10.4. The highest BCUT2D eigenvalue weighted by molar-refractivity contribution is 5.96. The maximum Gasteiger partial charge on any atom is 0.413 e. The maximum absolute atomic E-state index is 13.2. The molecule has 0 bridgehead atoms. The molecule has 4 amide bonds. The van der Waals surface area contributed by atoms with Crippen LogP contribution < -0.4 is 21.7 Å². The smallest absolute Gasteiger partial charge is 0.413 e. The summed E-state index contributed by atoms with van der Waals surface area (Å²) in [5.41, 5.74) is 5.59. The molecule has 2 aromatic heterocycles. The van der Waals surface area contributed by atoms with Gasteiger partial charge in [-0.1, -0.05) is 30.3 Å². The number of anilines is 2. The van der Waals surface area contributed by atoms with Crippen molar-refractivity contribution in [1.29, 1.82) is 0 Å². The molecule has 0 saturated carbocycles. The Morgan fingerprint density at radius 3 is 2.43 bits per heavy atom. The number of hydrogen-bond acceptors (Lipinski definition) is 11. The highest BCUT2D eigenvalue weighted by atomic mass is 16.6. The molecular weight excluding hydrogens is 578 g/mol. The van der Waals surface area contributed by atoms with E-state index in [-0.39, 0.29) is 55.6 Å². The highest BCUT2D eigenvalue weighted by Crippen LogP contribution is 2.22. The summed E-state index contributed by atoms with van der Waals surface area (Å²) < 4.78 is 11.7. The van der Waals surface area contributed by atoms with Gasteiger partial charge in [0.2, 0.25) is 17.8 Å². The molecular formula is C27H35N9O8. The molecule has 1 aromatic carbocycles. The molecule has 0 spiro atoms. The van der Waals surface area contributed by atoms with Gasteiger partial charge in [0.25, 0.3) is 0 Å². The molecule has 17 nitrogen and oxygen atoms in total. The van der Waals surface area contributed by atoms with E-state index < -0.39 is 48.7 Å². The minimum atomic E-state index is -1.26. The van der Waals surface area contributed by atoms with Crippen molar-refractivity contribution >= 4 is 52.9 Å². The summed E-state index contributed by atoms with van der Waals surface area (Å²) in [5.74, 6) is -2.70. The van der Waals surface area contributed by atoms with Gasteiger partial charge < -0.3 is 35.1 Å². The number of nitrogens with two attached hydrogens (primary N) is 1. The van der Waals surface area contributed by atoms with Crippen molar-refractivity contribution in [3.05, 3.63) is 42.2 Å². The number of aromatic nitrogens is 4. The van der Waals surface area contributed by atoms with Crippen molar-refractivity contribution in [2.45, 2.75) is 45.9 Å². The van der Waals surface area contributed by atoms with Gasteiger partial charge >= 0.3 is 18.2 Å². The van der Waals surface area contributed by atoms with Crippen LogP contribution in [0, 0.1) is 0 Å². The molecule has 3 rings (SSSR count). The van der Waals surface area contributed by atoms with E-state index >= 15 is 0 Å². The van der Waals surface area contributed by atoms with Gasteiger partial charge in [0.05, 0.1) is 6.33 Å². The van der Waals surface area contributed by atoms with E-state index in [0.29, 0.717) is 0 Å². The number of carbonyl (C=O) groups excluding carboxylic acids is 4. The predicted molar refractivity (Wildman–Crippen MR) is 156 cm³/mol. The van der Waals surface area contributed by atoms with Crippen LogP contribution >= 0.6 is 0 Å². The van der Waals surface area contributed by atoms with E-state index in [1.54, 1.807) is 45.0 Å². The molecule has 0 saturated heterocycles. The number of nitrogens with zero attached hydrogens (tertiary/aromatic N) is 5. The van der Waals surface area contributed by atoms with E-state index in [0.717, 1.165) is 10.5 Å². The third kappa shape index (κ3) is 10.5. The lowest BCUT2D eigenvalue weighted by Gasteiger charge is -2.23. The molecule has 236 valence electrons. The maximum atomic E-state index is 13.2. The topological polar surface area (TPSA) is 233 Å². The summed E-state index contributed by atoms with van der Waals surface area (Å²) in [6.07, 6.45) is -0.350.